The summed E-state index contributed by atoms with van der Waals surface area (Å²) in [6, 6.07) is 0. The SMILES string of the molecule is CC1(N)CCCCC(C)(N)CC(C)(N)C1. The molecule has 0 aromatic heterocycles. The van der Waals surface area contributed by atoms with Gasteiger partial charge in [0.05, 0.1) is 0 Å². The Labute approximate surface area is 93.8 Å². The topological polar surface area (TPSA) is 78.1 Å². The molecule has 15 heavy (non-hydrogen) atoms. The number of rotatable bonds is 0. The number of hydrogen-bond donors (Lipinski definition) is 3. The maximum Gasteiger partial charge on any atom is 0.0160 e. The van der Waals surface area contributed by atoms with Crippen molar-refractivity contribution in [1.29, 1.82) is 0 Å². The van der Waals surface area contributed by atoms with Crippen molar-refractivity contribution in [3.8, 4) is 0 Å². The van der Waals surface area contributed by atoms with Crippen LogP contribution in [0.4, 0.5) is 0 Å². The van der Waals surface area contributed by atoms with Gasteiger partial charge in [-0.05, 0) is 46.5 Å². The normalized spacial score (nSPS) is 49.2. The van der Waals surface area contributed by atoms with Crippen LogP contribution >= 0.6 is 0 Å². The highest BCUT2D eigenvalue weighted by Gasteiger charge is 2.36. The quantitative estimate of drug-likeness (QED) is 0.570. The third-order valence-electron chi connectivity index (χ3n) is 3.36. The summed E-state index contributed by atoms with van der Waals surface area (Å²) in [6.45, 7) is 6.29. The van der Waals surface area contributed by atoms with Crippen LogP contribution in [0.3, 0.4) is 0 Å². The van der Waals surface area contributed by atoms with E-state index in [0.717, 1.165) is 38.5 Å². The Morgan fingerprint density at radius 3 is 1.33 bits per heavy atom. The zero-order chi connectivity index (χ0) is 11.7. The standard InChI is InChI=1S/C12H27N3/c1-10(13)6-4-5-7-11(2,14)9-12(3,15)8-10/h4-9,13-15H2,1-3H3. The maximum absolute atomic E-state index is 6.31. The van der Waals surface area contributed by atoms with E-state index in [9.17, 15) is 0 Å². The Morgan fingerprint density at radius 1 is 0.667 bits per heavy atom. The van der Waals surface area contributed by atoms with E-state index in [4.69, 9.17) is 17.2 Å². The molecule has 0 amide bonds. The average molecular weight is 213 g/mol. The Hall–Kier alpha value is -0.120. The van der Waals surface area contributed by atoms with E-state index in [-0.39, 0.29) is 16.6 Å². The van der Waals surface area contributed by atoms with Crippen LogP contribution in [0.1, 0.15) is 59.3 Å². The Kier molecular flexibility index (Phi) is 3.49. The molecule has 0 aliphatic heterocycles. The predicted octanol–water partition coefficient (Wildman–Crippen LogP) is 1.49. The van der Waals surface area contributed by atoms with Crippen LogP contribution in [0.2, 0.25) is 0 Å². The van der Waals surface area contributed by atoms with Crippen LogP contribution in [0.25, 0.3) is 0 Å². The van der Waals surface area contributed by atoms with Crippen molar-refractivity contribution in [3.63, 3.8) is 0 Å². The lowest BCUT2D eigenvalue weighted by molar-refractivity contribution is 0.247. The molecule has 0 spiro atoms. The fraction of sp³-hybridized carbons (Fsp3) is 1.00. The average Bonchev–Trinajstić information content (AvgIpc) is 1.94. The smallest absolute Gasteiger partial charge is 0.0160 e. The molecule has 0 heterocycles. The zero-order valence-corrected chi connectivity index (χ0v) is 10.5. The molecule has 1 aliphatic carbocycles. The highest BCUT2D eigenvalue weighted by Crippen LogP contribution is 2.32. The molecule has 0 saturated heterocycles. The van der Waals surface area contributed by atoms with Crippen molar-refractivity contribution in [2.75, 3.05) is 0 Å². The van der Waals surface area contributed by atoms with E-state index in [2.05, 4.69) is 20.8 Å². The van der Waals surface area contributed by atoms with Crippen LogP contribution in [-0.4, -0.2) is 16.6 Å². The van der Waals surface area contributed by atoms with Crippen molar-refractivity contribution < 1.29 is 0 Å². The van der Waals surface area contributed by atoms with Crippen molar-refractivity contribution in [1.82, 2.24) is 0 Å². The second kappa shape index (κ2) is 4.04. The van der Waals surface area contributed by atoms with Crippen LogP contribution in [0, 0.1) is 0 Å². The lowest BCUT2D eigenvalue weighted by Crippen LogP contribution is -2.53. The molecule has 1 rings (SSSR count). The second-order valence-corrected chi connectivity index (χ2v) is 6.52. The molecule has 1 saturated carbocycles. The van der Waals surface area contributed by atoms with Crippen molar-refractivity contribution in [3.05, 3.63) is 0 Å². The summed E-state index contributed by atoms with van der Waals surface area (Å²) in [5.41, 5.74) is 18.3. The monoisotopic (exact) mass is 213 g/mol. The molecule has 0 bridgehead atoms. The van der Waals surface area contributed by atoms with Gasteiger partial charge in [-0.3, -0.25) is 0 Å². The van der Waals surface area contributed by atoms with E-state index in [1.807, 2.05) is 0 Å². The molecular formula is C12H27N3. The van der Waals surface area contributed by atoms with E-state index >= 15 is 0 Å². The van der Waals surface area contributed by atoms with Gasteiger partial charge in [0.1, 0.15) is 0 Å². The third kappa shape index (κ3) is 4.49. The highest BCUT2D eigenvalue weighted by atomic mass is 14.8. The van der Waals surface area contributed by atoms with Gasteiger partial charge in [-0.25, -0.2) is 0 Å². The molecule has 0 aromatic rings. The van der Waals surface area contributed by atoms with E-state index in [1.165, 1.54) is 0 Å². The van der Waals surface area contributed by atoms with E-state index in [1.54, 1.807) is 0 Å². The summed E-state index contributed by atoms with van der Waals surface area (Å²) >= 11 is 0. The molecule has 3 heteroatoms. The van der Waals surface area contributed by atoms with Crippen molar-refractivity contribution in [2.24, 2.45) is 17.2 Å². The van der Waals surface area contributed by atoms with Crippen molar-refractivity contribution >= 4 is 0 Å². The number of nitrogens with two attached hydrogens (primary N) is 3. The molecule has 0 radical (unpaired) electrons. The first-order valence-electron chi connectivity index (χ1n) is 5.99. The Bertz CT molecular complexity index is 197. The van der Waals surface area contributed by atoms with E-state index < -0.39 is 0 Å². The molecule has 0 aromatic carbocycles. The highest BCUT2D eigenvalue weighted by molar-refractivity contribution is 4.98. The van der Waals surface area contributed by atoms with Gasteiger partial charge in [-0.1, -0.05) is 12.8 Å². The van der Waals surface area contributed by atoms with Gasteiger partial charge in [0, 0.05) is 16.6 Å². The zero-order valence-electron chi connectivity index (χ0n) is 10.5. The minimum absolute atomic E-state index is 0.135. The summed E-state index contributed by atoms with van der Waals surface area (Å²) in [5.74, 6) is 0. The Morgan fingerprint density at radius 2 is 1.00 bits per heavy atom. The van der Waals surface area contributed by atoms with Gasteiger partial charge in [0.15, 0.2) is 0 Å². The number of hydrogen-bond acceptors (Lipinski definition) is 3. The first-order chi connectivity index (χ1) is 6.62. The molecule has 1 aliphatic rings. The predicted molar refractivity (Wildman–Crippen MR) is 65.5 cm³/mol. The van der Waals surface area contributed by atoms with Gasteiger partial charge < -0.3 is 17.2 Å². The van der Waals surface area contributed by atoms with Gasteiger partial charge in [0.2, 0.25) is 0 Å². The van der Waals surface area contributed by atoms with Crippen molar-refractivity contribution in [2.45, 2.75) is 75.9 Å². The molecule has 6 N–H and O–H groups in total. The van der Waals surface area contributed by atoms with Gasteiger partial charge in [-0.15, -0.1) is 0 Å². The Balaban J connectivity index is 2.79. The molecule has 90 valence electrons. The lowest BCUT2D eigenvalue weighted by atomic mass is 9.77. The van der Waals surface area contributed by atoms with Crippen LogP contribution < -0.4 is 17.2 Å². The third-order valence-corrected chi connectivity index (χ3v) is 3.36. The largest absolute Gasteiger partial charge is 0.325 e. The lowest BCUT2D eigenvalue weighted by Gasteiger charge is -2.38. The second-order valence-electron chi connectivity index (χ2n) is 6.52. The minimum Gasteiger partial charge on any atom is -0.325 e. The summed E-state index contributed by atoms with van der Waals surface area (Å²) in [4.78, 5) is 0. The van der Waals surface area contributed by atoms with Crippen LogP contribution in [0.15, 0.2) is 0 Å². The summed E-state index contributed by atoms with van der Waals surface area (Å²) < 4.78 is 0. The van der Waals surface area contributed by atoms with Gasteiger partial charge in [0.25, 0.3) is 0 Å². The molecular weight excluding hydrogens is 186 g/mol. The van der Waals surface area contributed by atoms with E-state index in [0.29, 0.717) is 0 Å². The molecule has 2 unspecified atom stereocenters. The summed E-state index contributed by atoms with van der Waals surface area (Å²) in [6.07, 6.45) is 6.14. The maximum atomic E-state index is 6.31. The van der Waals surface area contributed by atoms with Gasteiger partial charge >= 0.3 is 0 Å². The molecule has 1 fully saturated rings. The molecule has 2 atom stereocenters. The first kappa shape index (κ1) is 12.9. The van der Waals surface area contributed by atoms with Gasteiger partial charge in [-0.2, -0.15) is 0 Å². The molecule has 3 nitrogen and oxygen atoms in total. The minimum atomic E-state index is -0.239. The fourth-order valence-electron chi connectivity index (χ4n) is 3.14. The summed E-state index contributed by atoms with van der Waals surface area (Å²) in [5, 5.41) is 0. The fourth-order valence-corrected chi connectivity index (χ4v) is 3.14. The van der Waals surface area contributed by atoms with Crippen LogP contribution in [-0.2, 0) is 0 Å². The summed E-state index contributed by atoms with van der Waals surface area (Å²) in [7, 11) is 0. The van der Waals surface area contributed by atoms with Crippen LogP contribution in [0.5, 0.6) is 0 Å². The first-order valence-corrected chi connectivity index (χ1v) is 5.99.